The number of fused-ring (bicyclic) bond motifs is 1. The molecule has 0 radical (unpaired) electrons. The largest absolute Gasteiger partial charge is 0.389 e. The van der Waals surface area contributed by atoms with Crippen LogP contribution in [0.25, 0.3) is 10.9 Å². The van der Waals surface area contributed by atoms with E-state index in [-0.39, 0.29) is 11.5 Å². The lowest BCUT2D eigenvalue weighted by Crippen LogP contribution is -2.60. The molecule has 134 valence electrons. The van der Waals surface area contributed by atoms with Gasteiger partial charge in [-0.3, -0.25) is 4.90 Å². The Balaban J connectivity index is 1.54. The Hall–Kier alpha value is -1.67. The van der Waals surface area contributed by atoms with E-state index in [0.717, 1.165) is 42.8 Å². The van der Waals surface area contributed by atoms with E-state index in [2.05, 4.69) is 26.7 Å². The number of halogens is 1. The monoisotopic (exact) mass is 363 g/mol. The van der Waals surface area contributed by atoms with Crippen LogP contribution in [-0.4, -0.2) is 71.0 Å². The summed E-state index contributed by atoms with van der Waals surface area (Å²) in [6.07, 6.45) is 1.25. The second kappa shape index (κ2) is 6.25. The zero-order valence-corrected chi connectivity index (χ0v) is 14.9. The minimum absolute atomic E-state index is 0.258. The van der Waals surface area contributed by atoms with Gasteiger partial charge >= 0.3 is 0 Å². The summed E-state index contributed by atoms with van der Waals surface area (Å²) in [6, 6.07) is 3.86. The summed E-state index contributed by atoms with van der Waals surface area (Å²) < 4.78 is 5.46. The number of benzene rings is 1. The summed E-state index contributed by atoms with van der Waals surface area (Å²) >= 11 is 6.49. The van der Waals surface area contributed by atoms with Gasteiger partial charge in [-0.1, -0.05) is 11.6 Å². The van der Waals surface area contributed by atoms with Gasteiger partial charge < -0.3 is 20.5 Å². The first-order valence-corrected chi connectivity index (χ1v) is 8.83. The van der Waals surface area contributed by atoms with E-state index in [1.54, 1.807) is 6.20 Å². The number of hydrogen-bond acceptors (Lipinski definition) is 7. The van der Waals surface area contributed by atoms with Gasteiger partial charge in [-0.25, -0.2) is 9.97 Å². The molecule has 2 atom stereocenters. The summed E-state index contributed by atoms with van der Waals surface area (Å²) in [5.74, 6) is 0.258. The minimum Gasteiger partial charge on any atom is -0.389 e. The summed E-state index contributed by atoms with van der Waals surface area (Å²) in [5.41, 5.74) is 7.14. The van der Waals surface area contributed by atoms with Crippen molar-refractivity contribution < 1.29 is 9.84 Å². The van der Waals surface area contributed by atoms with Gasteiger partial charge in [0, 0.05) is 37.8 Å². The molecule has 1 aromatic carbocycles. The maximum Gasteiger partial charge on any atom is 0.220 e. The number of aromatic nitrogens is 2. The summed E-state index contributed by atoms with van der Waals surface area (Å²) in [6.45, 7) is 6.40. The average Bonchev–Trinajstić information content (AvgIpc) is 2.95. The predicted octanol–water partition coefficient (Wildman–Crippen LogP) is 1.14. The predicted molar refractivity (Wildman–Crippen MR) is 98.0 cm³/mol. The molecule has 2 aromatic rings. The molecule has 2 fully saturated rings. The third kappa shape index (κ3) is 2.91. The molecule has 7 nitrogen and oxygen atoms in total. The number of hydrogen-bond donors (Lipinski definition) is 2. The van der Waals surface area contributed by atoms with Crippen LogP contribution in [0.3, 0.4) is 0 Å². The molecule has 2 saturated heterocycles. The van der Waals surface area contributed by atoms with Crippen molar-refractivity contribution in [1.82, 2.24) is 14.9 Å². The van der Waals surface area contributed by atoms with Crippen LogP contribution in [0.2, 0.25) is 5.02 Å². The maximum atomic E-state index is 10.2. The fraction of sp³-hybridized carbons (Fsp3) is 0.529. The fourth-order valence-corrected chi connectivity index (χ4v) is 4.00. The molecular formula is C17H22ClN5O2. The molecule has 2 unspecified atom stereocenters. The number of rotatable bonds is 2. The molecule has 0 spiro atoms. The summed E-state index contributed by atoms with van der Waals surface area (Å²) in [4.78, 5) is 12.9. The number of nitrogens with zero attached hydrogens (tertiary/aromatic N) is 4. The van der Waals surface area contributed by atoms with Crippen LogP contribution in [0, 0.1) is 0 Å². The van der Waals surface area contributed by atoms with Gasteiger partial charge in [0.2, 0.25) is 5.95 Å². The van der Waals surface area contributed by atoms with E-state index < -0.39 is 6.10 Å². The van der Waals surface area contributed by atoms with Crippen molar-refractivity contribution >= 4 is 34.1 Å². The average molecular weight is 364 g/mol. The SMILES string of the molecule is CC1(N2CCN(c3cc4nc(N)ncc4cc3Cl)CC2)COCC1O. The molecule has 3 heterocycles. The molecule has 25 heavy (non-hydrogen) atoms. The number of aliphatic hydroxyl groups excluding tert-OH is 1. The lowest BCUT2D eigenvalue weighted by molar-refractivity contribution is 0.00884. The van der Waals surface area contributed by atoms with Gasteiger partial charge in [0.25, 0.3) is 0 Å². The first-order chi connectivity index (χ1) is 12.0. The first kappa shape index (κ1) is 16.8. The Morgan fingerprint density at radius 3 is 2.76 bits per heavy atom. The van der Waals surface area contributed by atoms with E-state index in [4.69, 9.17) is 22.1 Å². The number of aliphatic hydroxyl groups is 1. The quantitative estimate of drug-likeness (QED) is 0.827. The number of nitrogens with two attached hydrogens (primary N) is 1. The van der Waals surface area contributed by atoms with E-state index >= 15 is 0 Å². The molecule has 0 aliphatic carbocycles. The zero-order chi connectivity index (χ0) is 17.6. The molecule has 0 amide bonds. The third-order valence-corrected chi connectivity index (χ3v) is 5.70. The van der Waals surface area contributed by atoms with Crippen molar-refractivity contribution in [3.63, 3.8) is 0 Å². The Morgan fingerprint density at radius 1 is 1.32 bits per heavy atom. The van der Waals surface area contributed by atoms with Gasteiger partial charge in [-0.15, -0.1) is 0 Å². The Morgan fingerprint density at radius 2 is 2.08 bits per heavy atom. The number of ether oxygens (including phenoxy) is 1. The van der Waals surface area contributed by atoms with Crippen LogP contribution >= 0.6 is 11.6 Å². The highest BCUT2D eigenvalue weighted by atomic mass is 35.5. The maximum absolute atomic E-state index is 10.2. The fourth-order valence-electron chi connectivity index (χ4n) is 3.71. The van der Waals surface area contributed by atoms with Gasteiger partial charge in [0.1, 0.15) is 0 Å². The Kier molecular flexibility index (Phi) is 4.19. The van der Waals surface area contributed by atoms with Crippen molar-refractivity contribution in [1.29, 1.82) is 0 Å². The van der Waals surface area contributed by atoms with Gasteiger partial charge in [0.05, 0.1) is 41.1 Å². The molecule has 3 N–H and O–H groups in total. The standard InChI is InChI=1S/C17H22ClN5O2/c1-17(10-25-9-15(17)24)23-4-2-22(3-5-23)14-7-13-11(6-12(14)18)8-20-16(19)21-13/h6-8,15,24H,2-5,9-10H2,1H3,(H2,19,20,21). The Bertz CT molecular complexity index is 796. The second-order valence-electron chi connectivity index (χ2n) is 6.95. The lowest BCUT2D eigenvalue weighted by atomic mass is 9.95. The van der Waals surface area contributed by atoms with Crippen LogP contribution in [0.4, 0.5) is 11.6 Å². The number of piperazine rings is 1. The summed E-state index contributed by atoms with van der Waals surface area (Å²) in [5, 5.41) is 11.8. The van der Waals surface area contributed by atoms with E-state index in [9.17, 15) is 5.11 Å². The highest BCUT2D eigenvalue weighted by Crippen LogP contribution is 2.33. The number of nitrogen functional groups attached to an aromatic ring is 1. The molecule has 2 aliphatic heterocycles. The van der Waals surface area contributed by atoms with Crippen LogP contribution in [-0.2, 0) is 4.74 Å². The van der Waals surface area contributed by atoms with Crippen molar-refractivity contribution in [2.24, 2.45) is 0 Å². The molecule has 1 aromatic heterocycles. The third-order valence-electron chi connectivity index (χ3n) is 5.40. The molecule has 8 heteroatoms. The molecule has 4 rings (SSSR count). The summed E-state index contributed by atoms with van der Waals surface area (Å²) in [7, 11) is 0. The highest BCUT2D eigenvalue weighted by molar-refractivity contribution is 6.34. The van der Waals surface area contributed by atoms with E-state index in [1.165, 1.54) is 0 Å². The lowest BCUT2D eigenvalue weighted by Gasteiger charge is -2.45. The zero-order valence-electron chi connectivity index (χ0n) is 14.2. The second-order valence-corrected chi connectivity index (χ2v) is 7.36. The van der Waals surface area contributed by atoms with Crippen molar-refractivity contribution in [2.45, 2.75) is 18.6 Å². The molecule has 2 aliphatic rings. The van der Waals surface area contributed by atoms with Crippen LogP contribution in [0.1, 0.15) is 6.92 Å². The van der Waals surface area contributed by atoms with E-state index in [0.29, 0.717) is 18.2 Å². The normalized spacial score (nSPS) is 28.0. The molecule has 0 saturated carbocycles. The smallest absolute Gasteiger partial charge is 0.220 e. The van der Waals surface area contributed by atoms with E-state index in [1.807, 2.05) is 12.1 Å². The van der Waals surface area contributed by atoms with Gasteiger partial charge in [0.15, 0.2) is 0 Å². The molecular weight excluding hydrogens is 342 g/mol. The Labute approximate surface area is 151 Å². The van der Waals surface area contributed by atoms with Gasteiger partial charge in [-0.05, 0) is 19.1 Å². The topological polar surface area (TPSA) is 87.7 Å². The van der Waals surface area contributed by atoms with Crippen LogP contribution in [0.5, 0.6) is 0 Å². The highest BCUT2D eigenvalue weighted by Gasteiger charge is 2.44. The molecule has 0 bridgehead atoms. The minimum atomic E-state index is -0.442. The first-order valence-electron chi connectivity index (χ1n) is 8.45. The van der Waals surface area contributed by atoms with Crippen molar-refractivity contribution in [2.75, 3.05) is 50.0 Å². The van der Waals surface area contributed by atoms with Crippen molar-refractivity contribution in [3.05, 3.63) is 23.4 Å². The van der Waals surface area contributed by atoms with Crippen LogP contribution in [0.15, 0.2) is 18.3 Å². The van der Waals surface area contributed by atoms with Gasteiger partial charge in [-0.2, -0.15) is 0 Å². The number of anilines is 2. The van der Waals surface area contributed by atoms with Crippen molar-refractivity contribution in [3.8, 4) is 0 Å². The van der Waals surface area contributed by atoms with Crippen LogP contribution < -0.4 is 10.6 Å².